The maximum Gasteiger partial charge on any atom is 0.122 e. The molecular formula is C13H24N4. The highest BCUT2D eigenvalue weighted by atomic mass is 15.3. The number of rotatable bonds is 6. The summed E-state index contributed by atoms with van der Waals surface area (Å²) in [7, 11) is 0. The van der Waals surface area contributed by atoms with E-state index >= 15 is 0 Å². The lowest BCUT2D eigenvalue weighted by Crippen LogP contribution is -2.45. The molecule has 0 aliphatic carbocycles. The highest BCUT2D eigenvalue weighted by Gasteiger charge is 2.22. The van der Waals surface area contributed by atoms with Gasteiger partial charge in [0.25, 0.3) is 0 Å². The van der Waals surface area contributed by atoms with Gasteiger partial charge in [0.2, 0.25) is 0 Å². The summed E-state index contributed by atoms with van der Waals surface area (Å²) in [4.78, 5) is 6.98. The molecule has 0 bridgehead atoms. The molecule has 2 rings (SSSR count). The van der Waals surface area contributed by atoms with Crippen molar-refractivity contribution < 1.29 is 0 Å². The van der Waals surface area contributed by atoms with Crippen molar-refractivity contribution in [3.8, 4) is 0 Å². The van der Waals surface area contributed by atoms with Crippen molar-refractivity contribution in [2.24, 2.45) is 0 Å². The van der Waals surface area contributed by atoms with Crippen LogP contribution < -0.4 is 5.32 Å². The van der Waals surface area contributed by atoms with Gasteiger partial charge < -0.3 is 9.88 Å². The first-order valence-corrected chi connectivity index (χ1v) is 6.80. The first-order valence-electron chi connectivity index (χ1n) is 6.80. The molecule has 1 aliphatic heterocycles. The summed E-state index contributed by atoms with van der Waals surface area (Å²) in [5.74, 6) is 1.21. The van der Waals surface area contributed by atoms with Crippen LogP contribution in [0.25, 0.3) is 0 Å². The average Bonchev–Trinajstić information content (AvgIpc) is 2.82. The lowest BCUT2D eigenvalue weighted by atomic mass is 10.1. The van der Waals surface area contributed by atoms with Crippen LogP contribution in [-0.2, 0) is 13.1 Å². The van der Waals surface area contributed by atoms with Crippen LogP contribution in [0.1, 0.15) is 32.5 Å². The quantitative estimate of drug-likeness (QED) is 0.759. The fourth-order valence-electron chi connectivity index (χ4n) is 2.48. The zero-order valence-electron chi connectivity index (χ0n) is 11.0. The number of aromatic nitrogens is 2. The molecule has 0 radical (unpaired) electrons. The van der Waals surface area contributed by atoms with Crippen LogP contribution >= 0.6 is 0 Å². The summed E-state index contributed by atoms with van der Waals surface area (Å²) in [6, 6.07) is 0.645. The van der Waals surface area contributed by atoms with Crippen LogP contribution in [0.2, 0.25) is 0 Å². The van der Waals surface area contributed by atoms with Gasteiger partial charge in [-0.25, -0.2) is 4.98 Å². The Kier molecular flexibility index (Phi) is 4.57. The Morgan fingerprint density at radius 2 is 2.29 bits per heavy atom. The van der Waals surface area contributed by atoms with E-state index in [4.69, 9.17) is 0 Å². The standard InChI is InChI=1S/C13H24N4/c1-3-5-14-10-12(4-2)17-9-8-16-7-6-15-13(16)11-17/h6-7,12,14H,3-5,8-11H2,1-2H3. The first kappa shape index (κ1) is 12.6. The van der Waals surface area contributed by atoms with Crippen molar-refractivity contribution in [1.82, 2.24) is 19.8 Å². The molecule has 2 heterocycles. The van der Waals surface area contributed by atoms with Crippen LogP contribution in [0.15, 0.2) is 12.4 Å². The molecular weight excluding hydrogens is 212 g/mol. The van der Waals surface area contributed by atoms with Gasteiger partial charge in [-0.2, -0.15) is 0 Å². The normalized spacial score (nSPS) is 18.0. The molecule has 0 saturated heterocycles. The summed E-state index contributed by atoms with van der Waals surface area (Å²) in [5.41, 5.74) is 0. The highest BCUT2D eigenvalue weighted by molar-refractivity contribution is 4.96. The van der Waals surface area contributed by atoms with E-state index in [1.807, 2.05) is 6.20 Å². The van der Waals surface area contributed by atoms with E-state index in [2.05, 4.69) is 39.8 Å². The summed E-state index contributed by atoms with van der Waals surface area (Å²) >= 11 is 0. The monoisotopic (exact) mass is 236 g/mol. The van der Waals surface area contributed by atoms with E-state index in [0.717, 1.165) is 32.7 Å². The van der Waals surface area contributed by atoms with E-state index in [1.165, 1.54) is 18.7 Å². The van der Waals surface area contributed by atoms with Gasteiger partial charge in [-0.3, -0.25) is 4.90 Å². The number of hydrogen-bond acceptors (Lipinski definition) is 3. The Labute approximate surface area is 104 Å². The lowest BCUT2D eigenvalue weighted by Gasteiger charge is -2.34. The zero-order chi connectivity index (χ0) is 12.1. The third-order valence-electron chi connectivity index (χ3n) is 3.57. The van der Waals surface area contributed by atoms with E-state index in [9.17, 15) is 0 Å². The van der Waals surface area contributed by atoms with Gasteiger partial charge in [0.1, 0.15) is 5.82 Å². The summed E-state index contributed by atoms with van der Waals surface area (Å²) in [5, 5.41) is 3.53. The summed E-state index contributed by atoms with van der Waals surface area (Å²) in [6.45, 7) is 9.95. The van der Waals surface area contributed by atoms with Crippen LogP contribution in [0.3, 0.4) is 0 Å². The molecule has 0 fully saturated rings. The molecule has 0 saturated carbocycles. The Hall–Kier alpha value is -0.870. The van der Waals surface area contributed by atoms with Gasteiger partial charge in [-0.1, -0.05) is 13.8 Å². The molecule has 1 aliphatic rings. The largest absolute Gasteiger partial charge is 0.333 e. The van der Waals surface area contributed by atoms with E-state index in [0.29, 0.717) is 6.04 Å². The van der Waals surface area contributed by atoms with Gasteiger partial charge in [0.15, 0.2) is 0 Å². The number of nitrogens with one attached hydrogen (secondary N) is 1. The average molecular weight is 236 g/mol. The minimum absolute atomic E-state index is 0.645. The predicted molar refractivity (Wildman–Crippen MR) is 69.9 cm³/mol. The van der Waals surface area contributed by atoms with Gasteiger partial charge in [-0.15, -0.1) is 0 Å². The molecule has 1 aromatic heterocycles. The number of imidazole rings is 1. The van der Waals surface area contributed by atoms with E-state index < -0.39 is 0 Å². The second-order valence-electron chi connectivity index (χ2n) is 4.77. The van der Waals surface area contributed by atoms with Crippen molar-refractivity contribution in [3.63, 3.8) is 0 Å². The lowest BCUT2D eigenvalue weighted by molar-refractivity contribution is 0.145. The minimum atomic E-state index is 0.645. The molecule has 17 heavy (non-hydrogen) atoms. The van der Waals surface area contributed by atoms with Crippen molar-refractivity contribution in [3.05, 3.63) is 18.2 Å². The maximum absolute atomic E-state index is 4.42. The molecule has 1 N–H and O–H groups in total. The molecule has 4 heteroatoms. The Bertz CT molecular complexity index is 334. The molecule has 0 aromatic carbocycles. The molecule has 0 spiro atoms. The van der Waals surface area contributed by atoms with Gasteiger partial charge >= 0.3 is 0 Å². The molecule has 0 amide bonds. The van der Waals surface area contributed by atoms with E-state index in [-0.39, 0.29) is 0 Å². The van der Waals surface area contributed by atoms with Gasteiger partial charge in [0.05, 0.1) is 6.54 Å². The topological polar surface area (TPSA) is 33.1 Å². The third-order valence-corrected chi connectivity index (χ3v) is 3.57. The Balaban J connectivity index is 1.88. The van der Waals surface area contributed by atoms with Crippen LogP contribution in [0, 0.1) is 0 Å². The SMILES string of the molecule is CCCNCC(CC)N1CCn2ccnc2C1. The van der Waals surface area contributed by atoms with Gasteiger partial charge in [-0.05, 0) is 19.4 Å². The minimum Gasteiger partial charge on any atom is -0.333 e. The third kappa shape index (κ3) is 3.07. The summed E-state index contributed by atoms with van der Waals surface area (Å²) in [6.07, 6.45) is 6.41. The fourth-order valence-corrected chi connectivity index (χ4v) is 2.48. The molecule has 96 valence electrons. The number of hydrogen-bond donors (Lipinski definition) is 1. The molecule has 1 aromatic rings. The second kappa shape index (κ2) is 6.17. The van der Waals surface area contributed by atoms with Crippen LogP contribution in [0.4, 0.5) is 0 Å². The smallest absolute Gasteiger partial charge is 0.122 e. The van der Waals surface area contributed by atoms with Crippen LogP contribution in [0.5, 0.6) is 0 Å². The maximum atomic E-state index is 4.42. The predicted octanol–water partition coefficient (Wildman–Crippen LogP) is 1.48. The first-order chi connectivity index (χ1) is 8.35. The van der Waals surface area contributed by atoms with Crippen LogP contribution in [-0.4, -0.2) is 40.1 Å². The number of nitrogens with zero attached hydrogens (tertiary/aromatic N) is 3. The molecule has 1 atom stereocenters. The highest BCUT2D eigenvalue weighted by Crippen LogP contribution is 2.14. The number of fused-ring (bicyclic) bond motifs is 1. The summed E-state index contributed by atoms with van der Waals surface area (Å²) < 4.78 is 2.27. The van der Waals surface area contributed by atoms with Crippen molar-refractivity contribution in [2.75, 3.05) is 19.6 Å². The van der Waals surface area contributed by atoms with Crippen molar-refractivity contribution in [2.45, 2.75) is 45.8 Å². The van der Waals surface area contributed by atoms with Crippen molar-refractivity contribution in [1.29, 1.82) is 0 Å². The zero-order valence-corrected chi connectivity index (χ0v) is 11.0. The van der Waals surface area contributed by atoms with E-state index in [1.54, 1.807) is 0 Å². The molecule has 4 nitrogen and oxygen atoms in total. The molecule has 1 unspecified atom stereocenters. The Morgan fingerprint density at radius 1 is 1.41 bits per heavy atom. The fraction of sp³-hybridized carbons (Fsp3) is 0.769. The second-order valence-corrected chi connectivity index (χ2v) is 4.77. The van der Waals surface area contributed by atoms with Crippen molar-refractivity contribution >= 4 is 0 Å². The Morgan fingerprint density at radius 3 is 3.06 bits per heavy atom. The van der Waals surface area contributed by atoms with Gasteiger partial charge in [0, 0.05) is 38.1 Å².